The van der Waals surface area contributed by atoms with E-state index in [0.717, 1.165) is 24.9 Å². The lowest BCUT2D eigenvalue weighted by molar-refractivity contribution is 0.0429. The average Bonchev–Trinajstić information content (AvgIpc) is 2.98. The molecule has 0 spiro atoms. The van der Waals surface area contributed by atoms with Gasteiger partial charge in [0.2, 0.25) is 0 Å². The molecule has 43 heavy (non-hydrogen) atoms. The van der Waals surface area contributed by atoms with E-state index in [-0.39, 0.29) is 42.4 Å². The molecular weight excluding hydrogens is 570 g/mol. The molecule has 10 heteroatoms. The number of ether oxygens (including phenoxy) is 4. The monoisotopic (exact) mass is 619 g/mol. The summed E-state index contributed by atoms with van der Waals surface area (Å²) in [6.45, 7) is 12.1. The minimum atomic E-state index is -0.303. The number of amides is 2. The van der Waals surface area contributed by atoms with Gasteiger partial charge < -0.3 is 34.1 Å². The zero-order valence-electron chi connectivity index (χ0n) is 26.5. The first-order chi connectivity index (χ1) is 20.2. The fraction of sp³-hybridized carbons (Fsp3) is 0.576. The van der Waals surface area contributed by atoms with Crippen LogP contribution < -0.4 is 14.8 Å². The minimum absolute atomic E-state index is 0. The van der Waals surface area contributed by atoms with E-state index in [0.29, 0.717) is 62.4 Å². The summed E-state index contributed by atoms with van der Waals surface area (Å²) < 4.78 is 22.3. The van der Waals surface area contributed by atoms with Crippen LogP contribution in [-0.2, 0) is 16.0 Å². The Hall–Kier alpha value is -3.01. The molecule has 1 saturated heterocycles. The summed E-state index contributed by atoms with van der Waals surface area (Å²) >= 11 is 0. The molecule has 0 aliphatic carbocycles. The van der Waals surface area contributed by atoms with E-state index < -0.39 is 0 Å². The maximum absolute atomic E-state index is 13.8. The number of piperidine rings is 1. The molecule has 2 aromatic rings. The number of halogens is 1. The van der Waals surface area contributed by atoms with Gasteiger partial charge in [0, 0.05) is 69.9 Å². The van der Waals surface area contributed by atoms with Crippen molar-refractivity contribution < 1.29 is 28.5 Å². The lowest BCUT2D eigenvalue weighted by Gasteiger charge is -2.40. The Bertz CT molecular complexity index is 1120. The highest BCUT2D eigenvalue weighted by molar-refractivity contribution is 5.95. The molecule has 240 valence electrons. The molecule has 1 aliphatic heterocycles. The first-order valence-electron chi connectivity index (χ1n) is 15.0. The van der Waals surface area contributed by atoms with E-state index in [1.165, 1.54) is 0 Å². The quantitative estimate of drug-likeness (QED) is 0.258. The Kier molecular flexibility index (Phi) is 15.7. The third kappa shape index (κ3) is 11.2. The zero-order valence-corrected chi connectivity index (χ0v) is 27.4. The molecule has 1 fully saturated rings. The van der Waals surface area contributed by atoms with Crippen molar-refractivity contribution in [3.63, 3.8) is 0 Å². The summed E-state index contributed by atoms with van der Waals surface area (Å²) in [6.07, 6.45) is 1.17. The Balaban J connectivity index is 0.00000645. The molecule has 0 aromatic heterocycles. The second kappa shape index (κ2) is 18.6. The van der Waals surface area contributed by atoms with Gasteiger partial charge in [-0.2, -0.15) is 0 Å². The molecule has 1 aliphatic rings. The van der Waals surface area contributed by atoms with Gasteiger partial charge in [0.1, 0.15) is 0 Å². The van der Waals surface area contributed by atoms with E-state index in [1.54, 1.807) is 37.3 Å². The third-order valence-electron chi connectivity index (χ3n) is 7.27. The number of methoxy groups -OCH3 is 2. The van der Waals surface area contributed by atoms with Crippen LogP contribution in [0.5, 0.6) is 11.5 Å². The molecule has 1 N–H and O–H groups in total. The van der Waals surface area contributed by atoms with Crippen LogP contribution in [0, 0.1) is 11.8 Å². The summed E-state index contributed by atoms with van der Waals surface area (Å²) in [5.74, 6) is 1.47. The molecule has 3 rings (SSSR count). The molecule has 2 aromatic carbocycles. The minimum Gasteiger partial charge on any atom is -0.493 e. The summed E-state index contributed by atoms with van der Waals surface area (Å²) in [7, 11) is 3.24. The summed E-state index contributed by atoms with van der Waals surface area (Å²) in [5.41, 5.74) is 1.62. The summed E-state index contributed by atoms with van der Waals surface area (Å²) in [4.78, 5) is 30.7. The maximum Gasteiger partial charge on any atom is 0.410 e. The predicted octanol–water partition coefficient (Wildman–Crippen LogP) is 5.66. The van der Waals surface area contributed by atoms with Crippen LogP contribution >= 0.6 is 12.4 Å². The fourth-order valence-corrected chi connectivity index (χ4v) is 5.35. The van der Waals surface area contributed by atoms with Crippen LogP contribution in [0.1, 0.15) is 56.5 Å². The number of hydrogen-bond donors (Lipinski definition) is 1. The number of hydrogen-bond acceptors (Lipinski definition) is 7. The maximum atomic E-state index is 13.8. The van der Waals surface area contributed by atoms with Gasteiger partial charge in [-0.3, -0.25) is 4.79 Å². The third-order valence-corrected chi connectivity index (χ3v) is 7.27. The molecule has 2 atom stereocenters. The van der Waals surface area contributed by atoms with Crippen LogP contribution in [0.25, 0.3) is 0 Å². The van der Waals surface area contributed by atoms with Crippen LogP contribution in [-0.4, -0.2) is 87.6 Å². The second-order valence-corrected chi connectivity index (χ2v) is 11.6. The van der Waals surface area contributed by atoms with Gasteiger partial charge in [-0.1, -0.05) is 44.2 Å². The molecule has 0 bridgehead atoms. The van der Waals surface area contributed by atoms with Gasteiger partial charge in [-0.15, -0.1) is 12.4 Å². The van der Waals surface area contributed by atoms with E-state index in [2.05, 4.69) is 19.2 Å². The number of rotatable bonds is 15. The Morgan fingerprint density at radius 2 is 1.72 bits per heavy atom. The van der Waals surface area contributed by atoms with E-state index >= 15 is 0 Å². The standard InChI is InChI=1S/C33H49N3O6.ClH/c1-24(2)21-35(22-26-11-8-7-9-12-26)33(38)42-23-27-17-29(20-34-19-27)36(25(3)4)32(37)28-13-14-30(40-6)31(18-28)41-16-10-15-39-5;/h7-9,11-14,18,24-25,27,29,34H,10,15-17,19-23H2,1-6H3;1H/t27-,29+;/m0./s1. The SMILES string of the molecule is COCCCOc1cc(C(=O)N(C(C)C)[C@H]2CNC[C@@H](COC(=O)N(Cc3ccccc3)CC(C)C)C2)ccc1OC.Cl. The van der Waals surface area contributed by atoms with Crippen molar-refractivity contribution in [1.29, 1.82) is 0 Å². The number of benzene rings is 2. The molecule has 2 amide bonds. The lowest BCUT2D eigenvalue weighted by atomic mass is 9.94. The number of carbonyl (C=O) groups excluding carboxylic acids is 2. The Morgan fingerprint density at radius 1 is 0.977 bits per heavy atom. The van der Waals surface area contributed by atoms with E-state index in [9.17, 15) is 9.59 Å². The van der Waals surface area contributed by atoms with E-state index in [1.807, 2.05) is 49.1 Å². The molecule has 0 unspecified atom stereocenters. The molecule has 0 saturated carbocycles. The summed E-state index contributed by atoms with van der Waals surface area (Å²) in [6, 6.07) is 15.2. The van der Waals surface area contributed by atoms with Crippen LogP contribution in [0.4, 0.5) is 4.79 Å². The van der Waals surface area contributed by atoms with Crippen LogP contribution in [0.2, 0.25) is 0 Å². The summed E-state index contributed by atoms with van der Waals surface area (Å²) in [5, 5.41) is 3.47. The van der Waals surface area contributed by atoms with Gasteiger partial charge in [0.15, 0.2) is 11.5 Å². The highest BCUT2D eigenvalue weighted by Crippen LogP contribution is 2.30. The fourth-order valence-electron chi connectivity index (χ4n) is 5.35. The van der Waals surface area contributed by atoms with Crippen LogP contribution in [0.15, 0.2) is 48.5 Å². The van der Waals surface area contributed by atoms with Gasteiger partial charge in [-0.05, 0) is 49.9 Å². The van der Waals surface area contributed by atoms with Crippen molar-refractivity contribution in [1.82, 2.24) is 15.1 Å². The number of nitrogens with zero attached hydrogens (tertiary/aromatic N) is 2. The highest BCUT2D eigenvalue weighted by Gasteiger charge is 2.33. The van der Waals surface area contributed by atoms with Crippen molar-refractivity contribution in [3.05, 3.63) is 59.7 Å². The van der Waals surface area contributed by atoms with Gasteiger partial charge in [0.05, 0.1) is 20.3 Å². The van der Waals surface area contributed by atoms with Gasteiger partial charge in [0.25, 0.3) is 5.91 Å². The normalized spacial score (nSPS) is 16.4. The molecular formula is C33H50ClN3O6. The molecule has 0 radical (unpaired) electrons. The first-order valence-corrected chi connectivity index (χ1v) is 15.0. The van der Waals surface area contributed by atoms with Crippen molar-refractivity contribution >= 4 is 24.4 Å². The largest absolute Gasteiger partial charge is 0.493 e. The second-order valence-electron chi connectivity index (χ2n) is 11.6. The van der Waals surface area contributed by atoms with Gasteiger partial charge in [-0.25, -0.2) is 4.79 Å². The van der Waals surface area contributed by atoms with Gasteiger partial charge >= 0.3 is 6.09 Å². The van der Waals surface area contributed by atoms with E-state index in [4.69, 9.17) is 18.9 Å². The van der Waals surface area contributed by atoms with Crippen molar-refractivity contribution in [2.75, 3.05) is 53.7 Å². The first kappa shape index (κ1) is 36.2. The smallest absolute Gasteiger partial charge is 0.410 e. The topological polar surface area (TPSA) is 89.6 Å². The van der Waals surface area contributed by atoms with Crippen molar-refractivity contribution in [2.24, 2.45) is 11.8 Å². The highest BCUT2D eigenvalue weighted by atomic mass is 35.5. The zero-order chi connectivity index (χ0) is 30.5. The average molecular weight is 620 g/mol. The predicted molar refractivity (Wildman–Crippen MR) is 171 cm³/mol. The number of nitrogens with one attached hydrogen (secondary N) is 1. The molecule has 1 heterocycles. The van der Waals surface area contributed by atoms with Crippen molar-refractivity contribution in [3.8, 4) is 11.5 Å². The number of carbonyl (C=O) groups is 2. The molecule has 9 nitrogen and oxygen atoms in total. The Labute approximate surface area is 263 Å². The van der Waals surface area contributed by atoms with Crippen molar-refractivity contribution in [2.45, 2.75) is 59.2 Å². The Morgan fingerprint density at radius 3 is 2.37 bits per heavy atom. The van der Waals surface area contributed by atoms with Crippen LogP contribution in [0.3, 0.4) is 0 Å². The lowest BCUT2D eigenvalue weighted by Crippen LogP contribution is -2.54.